The first-order valence-electron chi connectivity index (χ1n) is 10.9. The molecule has 34 heavy (non-hydrogen) atoms. The second kappa shape index (κ2) is 8.64. The predicted octanol–water partition coefficient (Wildman–Crippen LogP) is 5.13. The summed E-state index contributed by atoms with van der Waals surface area (Å²) >= 11 is 3.46. The van der Waals surface area contributed by atoms with E-state index < -0.39 is 11.4 Å². The van der Waals surface area contributed by atoms with Crippen molar-refractivity contribution in [3.63, 3.8) is 0 Å². The van der Waals surface area contributed by atoms with Crippen LogP contribution in [0.2, 0.25) is 0 Å². The van der Waals surface area contributed by atoms with Gasteiger partial charge in [0.1, 0.15) is 17.0 Å². The van der Waals surface area contributed by atoms with Gasteiger partial charge in [-0.1, -0.05) is 28.1 Å². The summed E-state index contributed by atoms with van der Waals surface area (Å²) in [4.78, 5) is 25.3. The average molecular weight is 521 g/mol. The zero-order chi connectivity index (χ0) is 23.9. The van der Waals surface area contributed by atoms with E-state index in [1.165, 1.54) is 24.4 Å². The van der Waals surface area contributed by atoms with Gasteiger partial charge in [0.05, 0.1) is 23.0 Å². The quantitative estimate of drug-likeness (QED) is 0.264. The highest BCUT2D eigenvalue weighted by Gasteiger charge is 2.40. The molecule has 4 N–H and O–H groups in total. The SMILES string of the molecule is CNc1cc(F)ccc1C(=N)c1cnc2[nH]cc(C(=O)NC3(c4ccc(Br)cc4)CCC3)c2n1. The van der Waals surface area contributed by atoms with Crippen molar-refractivity contribution in [1.82, 2.24) is 20.3 Å². The van der Waals surface area contributed by atoms with Crippen molar-refractivity contribution >= 4 is 44.4 Å². The Hall–Kier alpha value is -3.59. The van der Waals surface area contributed by atoms with Crippen molar-refractivity contribution in [2.75, 3.05) is 12.4 Å². The number of amides is 1. The molecule has 2 aromatic heterocycles. The molecule has 4 aromatic rings. The Labute approximate surface area is 203 Å². The molecule has 1 aliphatic rings. The van der Waals surface area contributed by atoms with Gasteiger partial charge in [-0.15, -0.1) is 0 Å². The highest BCUT2D eigenvalue weighted by molar-refractivity contribution is 9.10. The zero-order valence-corrected chi connectivity index (χ0v) is 20.0. The second-order valence-electron chi connectivity index (χ2n) is 8.37. The highest BCUT2D eigenvalue weighted by Crippen LogP contribution is 2.42. The summed E-state index contributed by atoms with van der Waals surface area (Å²) < 4.78 is 14.6. The highest BCUT2D eigenvalue weighted by atomic mass is 79.9. The summed E-state index contributed by atoms with van der Waals surface area (Å²) in [5.74, 6) is -0.646. The minimum absolute atomic E-state index is 0.0802. The number of anilines is 1. The minimum Gasteiger partial charge on any atom is -0.387 e. The number of carbonyl (C=O) groups excluding carboxylic acids is 1. The van der Waals surface area contributed by atoms with Crippen LogP contribution in [0.4, 0.5) is 10.1 Å². The molecule has 1 amide bonds. The number of aromatic nitrogens is 3. The predicted molar refractivity (Wildman–Crippen MR) is 133 cm³/mol. The molecule has 0 aliphatic heterocycles. The first-order chi connectivity index (χ1) is 16.4. The number of benzene rings is 2. The van der Waals surface area contributed by atoms with E-state index in [2.05, 4.69) is 41.5 Å². The number of rotatable bonds is 6. The van der Waals surface area contributed by atoms with Crippen molar-refractivity contribution in [2.24, 2.45) is 0 Å². The zero-order valence-electron chi connectivity index (χ0n) is 18.4. The number of halogens is 2. The Bertz CT molecular complexity index is 1410. The fourth-order valence-corrected chi connectivity index (χ4v) is 4.60. The first-order valence-corrected chi connectivity index (χ1v) is 11.7. The Morgan fingerprint density at radius 2 is 1.94 bits per heavy atom. The van der Waals surface area contributed by atoms with Crippen LogP contribution in [0.25, 0.3) is 11.2 Å². The lowest BCUT2D eigenvalue weighted by Crippen LogP contribution is -2.50. The van der Waals surface area contributed by atoms with E-state index >= 15 is 0 Å². The number of nitrogens with zero attached hydrogens (tertiary/aromatic N) is 2. The summed E-state index contributed by atoms with van der Waals surface area (Å²) in [7, 11) is 1.66. The molecule has 7 nitrogen and oxygen atoms in total. The van der Waals surface area contributed by atoms with Crippen LogP contribution in [0.5, 0.6) is 0 Å². The van der Waals surface area contributed by atoms with E-state index in [1.54, 1.807) is 13.2 Å². The van der Waals surface area contributed by atoms with Gasteiger partial charge in [0.15, 0.2) is 5.65 Å². The molecule has 1 saturated carbocycles. The van der Waals surface area contributed by atoms with Gasteiger partial charge in [0.25, 0.3) is 5.91 Å². The molecule has 0 spiro atoms. The van der Waals surface area contributed by atoms with Gasteiger partial charge in [-0.2, -0.15) is 0 Å². The van der Waals surface area contributed by atoms with Crippen LogP contribution in [0.1, 0.15) is 46.4 Å². The van der Waals surface area contributed by atoms with E-state index in [1.807, 2.05) is 24.3 Å². The van der Waals surface area contributed by atoms with Gasteiger partial charge in [0.2, 0.25) is 0 Å². The molecule has 2 heterocycles. The molecule has 5 rings (SSSR count). The topological polar surface area (TPSA) is 107 Å². The van der Waals surface area contributed by atoms with Gasteiger partial charge in [-0.3, -0.25) is 10.2 Å². The lowest BCUT2D eigenvalue weighted by atomic mass is 9.71. The second-order valence-corrected chi connectivity index (χ2v) is 9.28. The number of H-pyrrole nitrogens is 1. The van der Waals surface area contributed by atoms with Gasteiger partial charge < -0.3 is 15.6 Å². The fraction of sp³-hybridized carbons (Fsp3) is 0.200. The van der Waals surface area contributed by atoms with E-state index in [9.17, 15) is 9.18 Å². The van der Waals surface area contributed by atoms with E-state index in [-0.39, 0.29) is 17.3 Å². The monoisotopic (exact) mass is 520 g/mol. The number of fused-ring (bicyclic) bond motifs is 1. The number of hydrogen-bond acceptors (Lipinski definition) is 5. The molecular weight excluding hydrogens is 499 g/mol. The fourth-order valence-electron chi connectivity index (χ4n) is 4.33. The third kappa shape index (κ3) is 3.86. The van der Waals surface area contributed by atoms with Crippen molar-refractivity contribution < 1.29 is 9.18 Å². The van der Waals surface area contributed by atoms with Crippen molar-refractivity contribution in [1.29, 1.82) is 5.41 Å². The standard InChI is InChI=1S/C25H22BrFN6O/c1-29-19-11-16(27)7-8-17(19)21(28)20-13-31-23-22(32-20)18(12-30-23)24(34)33-25(9-2-10-25)14-3-5-15(26)6-4-14/h3-8,11-13,28-29H,2,9-10H2,1H3,(H,30,31)(H,33,34). The van der Waals surface area contributed by atoms with Crippen LogP contribution in [0, 0.1) is 11.2 Å². The lowest BCUT2D eigenvalue weighted by Gasteiger charge is -2.43. The minimum atomic E-state index is -0.408. The smallest absolute Gasteiger partial charge is 0.255 e. The molecule has 0 bridgehead atoms. The van der Waals surface area contributed by atoms with Gasteiger partial charge in [-0.25, -0.2) is 14.4 Å². The maximum absolute atomic E-state index is 13.6. The number of aromatic amines is 1. The van der Waals surface area contributed by atoms with Crippen LogP contribution in [0.3, 0.4) is 0 Å². The molecule has 0 saturated heterocycles. The molecule has 172 valence electrons. The molecule has 1 aliphatic carbocycles. The van der Waals surface area contributed by atoms with E-state index in [4.69, 9.17) is 5.41 Å². The summed E-state index contributed by atoms with van der Waals surface area (Å²) in [6.07, 6.45) is 5.83. The molecule has 2 aromatic carbocycles. The molecule has 0 unspecified atom stereocenters. The maximum atomic E-state index is 13.6. The van der Waals surface area contributed by atoms with Crippen LogP contribution in [0.15, 0.2) is 59.3 Å². The van der Waals surface area contributed by atoms with Crippen LogP contribution < -0.4 is 10.6 Å². The first kappa shape index (κ1) is 22.2. The third-order valence-electron chi connectivity index (χ3n) is 6.36. The maximum Gasteiger partial charge on any atom is 0.255 e. The molecule has 1 fully saturated rings. The van der Waals surface area contributed by atoms with Crippen LogP contribution in [-0.2, 0) is 5.54 Å². The number of nitrogens with one attached hydrogen (secondary N) is 4. The van der Waals surface area contributed by atoms with Crippen LogP contribution in [-0.4, -0.2) is 33.6 Å². The largest absolute Gasteiger partial charge is 0.387 e. The summed E-state index contributed by atoms with van der Waals surface area (Å²) in [5, 5.41) is 14.7. The van der Waals surface area contributed by atoms with Crippen LogP contribution >= 0.6 is 15.9 Å². The summed E-state index contributed by atoms with van der Waals surface area (Å²) in [5.41, 5.74) is 3.21. The molecule has 0 atom stereocenters. The summed E-state index contributed by atoms with van der Waals surface area (Å²) in [6.45, 7) is 0. The Balaban J connectivity index is 1.47. The third-order valence-corrected chi connectivity index (χ3v) is 6.89. The lowest BCUT2D eigenvalue weighted by molar-refractivity contribution is 0.0825. The average Bonchev–Trinajstić information content (AvgIpc) is 3.25. The van der Waals surface area contributed by atoms with E-state index in [0.29, 0.717) is 28.0 Å². The normalized spacial score (nSPS) is 14.4. The molecule has 0 radical (unpaired) electrons. The Morgan fingerprint density at radius 1 is 1.18 bits per heavy atom. The van der Waals surface area contributed by atoms with E-state index in [0.717, 1.165) is 29.3 Å². The number of hydrogen-bond donors (Lipinski definition) is 4. The van der Waals surface area contributed by atoms with Gasteiger partial charge >= 0.3 is 0 Å². The van der Waals surface area contributed by atoms with Crippen molar-refractivity contribution in [3.05, 3.63) is 87.5 Å². The molecular formula is C25H22BrFN6O. The Morgan fingerprint density at radius 3 is 2.62 bits per heavy atom. The van der Waals surface area contributed by atoms with Gasteiger partial charge in [0, 0.05) is 29.0 Å². The number of carbonyl (C=O) groups is 1. The van der Waals surface area contributed by atoms with Gasteiger partial charge in [-0.05, 0) is 55.2 Å². The van der Waals surface area contributed by atoms with Crippen molar-refractivity contribution in [2.45, 2.75) is 24.8 Å². The summed E-state index contributed by atoms with van der Waals surface area (Å²) in [6, 6.07) is 12.2. The Kier molecular flexibility index (Phi) is 5.65. The molecule has 9 heteroatoms. The van der Waals surface area contributed by atoms with Crippen molar-refractivity contribution in [3.8, 4) is 0 Å².